The molecule has 0 radical (unpaired) electrons. The lowest BCUT2D eigenvalue weighted by molar-refractivity contribution is 0.0811. The van der Waals surface area contributed by atoms with E-state index in [2.05, 4.69) is 41.6 Å². The Bertz CT molecular complexity index is 1160. The van der Waals surface area contributed by atoms with E-state index in [1.165, 1.54) is 11.8 Å². The summed E-state index contributed by atoms with van der Waals surface area (Å²) in [4.78, 5) is 31.9. The Morgan fingerprint density at radius 2 is 1.94 bits per heavy atom. The summed E-state index contributed by atoms with van der Waals surface area (Å²) in [5.74, 6) is 0.724. The predicted molar refractivity (Wildman–Crippen MR) is 127 cm³/mol. The van der Waals surface area contributed by atoms with Gasteiger partial charge in [0.05, 0.1) is 24.6 Å². The number of nitrogens with one attached hydrogen (secondary N) is 2. The standard InChI is InChI=1S/C22H27N9O4/c1-5-18(15(2)26-33-4)27-35-22(32)24-19-13-9-12-17(23-19)14-34-28-20(16-10-7-6-8-11-16)21-25-29-30-31(21)3/h6-13,15,26H,5,14H2,1-4H3,(H,23,24,32)/b27-18+,28-20-. The van der Waals surface area contributed by atoms with Gasteiger partial charge in [-0.2, -0.15) is 5.48 Å². The Balaban J connectivity index is 1.64. The summed E-state index contributed by atoms with van der Waals surface area (Å²) in [5.41, 5.74) is 5.14. The molecule has 0 saturated heterocycles. The molecule has 35 heavy (non-hydrogen) atoms. The van der Waals surface area contributed by atoms with Crippen molar-refractivity contribution in [3.8, 4) is 0 Å². The molecule has 0 bridgehead atoms. The maximum absolute atomic E-state index is 12.1. The first kappa shape index (κ1) is 25.4. The third kappa shape index (κ3) is 7.38. The number of rotatable bonds is 11. The highest BCUT2D eigenvalue weighted by atomic mass is 16.7. The molecule has 13 nitrogen and oxygen atoms in total. The second-order valence-electron chi connectivity index (χ2n) is 7.20. The molecular formula is C22H27N9O4. The number of carbonyl (C=O) groups is 1. The number of hydrogen-bond acceptors (Lipinski definition) is 11. The highest BCUT2D eigenvalue weighted by Gasteiger charge is 2.15. The van der Waals surface area contributed by atoms with Gasteiger partial charge in [-0.05, 0) is 35.9 Å². The zero-order valence-corrected chi connectivity index (χ0v) is 19.9. The highest BCUT2D eigenvalue weighted by molar-refractivity contribution is 6.10. The summed E-state index contributed by atoms with van der Waals surface area (Å²) in [5, 5.41) is 22.2. The quantitative estimate of drug-likeness (QED) is 0.239. The molecule has 1 unspecified atom stereocenters. The summed E-state index contributed by atoms with van der Waals surface area (Å²) in [6, 6.07) is 14.3. The van der Waals surface area contributed by atoms with E-state index >= 15 is 0 Å². The molecule has 2 N–H and O–H groups in total. The van der Waals surface area contributed by atoms with Gasteiger partial charge in [-0.1, -0.05) is 53.6 Å². The van der Waals surface area contributed by atoms with Crippen LogP contribution in [0.4, 0.5) is 10.6 Å². The number of pyridine rings is 1. The normalized spacial score (nSPS) is 12.8. The van der Waals surface area contributed by atoms with E-state index in [0.717, 1.165) is 5.56 Å². The van der Waals surface area contributed by atoms with E-state index in [4.69, 9.17) is 14.5 Å². The Labute approximate surface area is 202 Å². The Kier molecular flexibility index (Phi) is 9.33. The molecule has 3 aromatic rings. The Morgan fingerprint density at radius 1 is 1.14 bits per heavy atom. The van der Waals surface area contributed by atoms with Crippen LogP contribution in [0.25, 0.3) is 0 Å². The smallest absolute Gasteiger partial charge is 0.389 e. The van der Waals surface area contributed by atoms with Crippen molar-refractivity contribution >= 4 is 23.3 Å². The molecule has 0 aliphatic carbocycles. The fourth-order valence-electron chi connectivity index (χ4n) is 2.96. The summed E-state index contributed by atoms with van der Waals surface area (Å²) in [6.07, 6.45) is -0.198. The number of hydrogen-bond donors (Lipinski definition) is 2. The topological polar surface area (TPSA) is 150 Å². The fraction of sp³-hybridized carbons (Fsp3) is 0.318. The molecule has 0 aliphatic rings. The number of anilines is 1. The summed E-state index contributed by atoms with van der Waals surface area (Å²) in [6.45, 7) is 3.78. The lowest BCUT2D eigenvalue weighted by Gasteiger charge is -2.12. The van der Waals surface area contributed by atoms with E-state index in [1.807, 2.05) is 44.2 Å². The minimum atomic E-state index is -0.773. The van der Waals surface area contributed by atoms with Gasteiger partial charge in [0.2, 0.25) is 5.82 Å². The van der Waals surface area contributed by atoms with Crippen LogP contribution in [0.1, 0.15) is 37.4 Å². The molecule has 0 spiro atoms. The van der Waals surface area contributed by atoms with E-state index < -0.39 is 6.09 Å². The number of amides is 1. The maximum atomic E-state index is 12.1. The van der Waals surface area contributed by atoms with Crippen LogP contribution in [0.3, 0.4) is 0 Å². The monoisotopic (exact) mass is 481 g/mol. The van der Waals surface area contributed by atoms with Gasteiger partial charge >= 0.3 is 6.09 Å². The summed E-state index contributed by atoms with van der Waals surface area (Å²) in [7, 11) is 3.21. The Hall–Kier alpha value is -4.23. The minimum Gasteiger partial charge on any atom is -0.389 e. The number of tetrazole rings is 1. The molecule has 0 aliphatic heterocycles. The summed E-state index contributed by atoms with van der Waals surface area (Å²) >= 11 is 0. The van der Waals surface area contributed by atoms with Crippen molar-refractivity contribution < 1.29 is 19.3 Å². The number of hydroxylamine groups is 1. The molecular weight excluding hydrogens is 454 g/mol. The van der Waals surface area contributed by atoms with Gasteiger partial charge in [0.1, 0.15) is 5.82 Å². The average Bonchev–Trinajstić information content (AvgIpc) is 3.28. The Morgan fingerprint density at radius 3 is 2.63 bits per heavy atom. The predicted octanol–water partition coefficient (Wildman–Crippen LogP) is 2.43. The third-order valence-corrected chi connectivity index (χ3v) is 4.69. The van der Waals surface area contributed by atoms with Crippen LogP contribution in [-0.2, 0) is 28.2 Å². The molecule has 0 fully saturated rings. The van der Waals surface area contributed by atoms with Crippen LogP contribution in [0.5, 0.6) is 0 Å². The van der Waals surface area contributed by atoms with Crippen molar-refractivity contribution in [2.24, 2.45) is 17.4 Å². The van der Waals surface area contributed by atoms with Gasteiger partial charge in [0.15, 0.2) is 12.3 Å². The molecule has 1 atom stereocenters. The second-order valence-corrected chi connectivity index (χ2v) is 7.20. The molecule has 1 aromatic carbocycles. The van der Waals surface area contributed by atoms with Gasteiger partial charge in [0.25, 0.3) is 0 Å². The SMILES string of the molecule is CC/C(=N\OC(=O)Nc1cccc(CO/N=C(/c2ccccc2)c2nnnn2C)n1)C(C)NOC. The number of oxime groups is 2. The lowest BCUT2D eigenvalue weighted by atomic mass is 10.1. The van der Waals surface area contributed by atoms with Gasteiger partial charge in [-0.15, -0.1) is 5.10 Å². The number of carbonyl (C=O) groups excluding carboxylic acids is 1. The van der Waals surface area contributed by atoms with Crippen molar-refractivity contribution in [3.63, 3.8) is 0 Å². The fourth-order valence-corrected chi connectivity index (χ4v) is 2.96. The van der Waals surface area contributed by atoms with Crippen molar-refractivity contribution in [2.75, 3.05) is 12.4 Å². The first-order valence-electron chi connectivity index (χ1n) is 10.8. The van der Waals surface area contributed by atoms with E-state index in [0.29, 0.717) is 29.4 Å². The maximum Gasteiger partial charge on any atom is 0.439 e. The van der Waals surface area contributed by atoms with Crippen LogP contribution < -0.4 is 10.8 Å². The minimum absolute atomic E-state index is 0.0461. The van der Waals surface area contributed by atoms with Crippen LogP contribution in [-0.4, -0.2) is 55.9 Å². The molecule has 2 heterocycles. The zero-order chi connectivity index (χ0) is 25.0. The first-order valence-corrected chi connectivity index (χ1v) is 10.8. The number of aromatic nitrogens is 5. The summed E-state index contributed by atoms with van der Waals surface area (Å²) < 4.78 is 1.50. The van der Waals surface area contributed by atoms with E-state index in [9.17, 15) is 4.79 Å². The van der Waals surface area contributed by atoms with Crippen LogP contribution in [0.2, 0.25) is 0 Å². The first-order chi connectivity index (χ1) is 17.0. The van der Waals surface area contributed by atoms with Gasteiger partial charge in [-0.25, -0.2) is 14.5 Å². The van der Waals surface area contributed by atoms with E-state index in [1.54, 1.807) is 25.2 Å². The molecule has 3 rings (SSSR count). The molecule has 184 valence electrons. The van der Waals surface area contributed by atoms with Crippen molar-refractivity contribution in [3.05, 3.63) is 65.6 Å². The van der Waals surface area contributed by atoms with Gasteiger partial charge in [-0.3, -0.25) is 10.2 Å². The second kappa shape index (κ2) is 12.9. The van der Waals surface area contributed by atoms with Crippen LogP contribution in [0.15, 0.2) is 58.8 Å². The van der Waals surface area contributed by atoms with Crippen molar-refractivity contribution in [1.29, 1.82) is 0 Å². The van der Waals surface area contributed by atoms with Gasteiger partial charge < -0.3 is 9.68 Å². The van der Waals surface area contributed by atoms with Crippen LogP contribution >= 0.6 is 0 Å². The van der Waals surface area contributed by atoms with Crippen molar-refractivity contribution in [2.45, 2.75) is 32.9 Å². The molecule has 13 heteroatoms. The third-order valence-electron chi connectivity index (χ3n) is 4.69. The zero-order valence-electron chi connectivity index (χ0n) is 19.9. The van der Waals surface area contributed by atoms with Crippen molar-refractivity contribution in [1.82, 2.24) is 30.7 Å². The largest absolute Gasteiger partial charge is 0.439 e. The highest BCUT2D eigenvalue weighted by Crippen LogP contribution is 2.11. The molecule has 0 saturated carbocycles. The van der Waals surface area contributed by atoms with E-state index in [-0.39, 0.29) is 18.5 Å². The average molecular weight is 482 g/mol. The lowest BCUT2D eigenvalue weighted by Crippen LogP contribution is -2.33. The van der Waals surface area contributed by atoms with Crippen LogP contribution in [0, 0.1) is 0 Å². The molecule has 2 aromatic heterocycles. The number of nitrogens with zero attached hydrogens (tertiary/aromatic N) is 7. The number of benzene rings is 1. The molecule has 1 amide bonds. The number of aryl methyl sites for hydroxylation is 1. The van der Waals surface area contributed by atoms with Gasteiger partial charge in [0, 0.05) is 12.6 Å².